The van der Waals surface area contributed by atoms with E-state index < -0.39 is 0 Å². The fraction of sp³-hybridized carbons (Fsp3) is 0.167. The maximum atomic E-state index is 5.65. The molecule has 0 heterocycles. The number of nitrogens with two attached hydrogens (primary N) is 1. The van der Waals surface area contributed by atoms with Gasteiger partial charge in [0.2, 0.25) is 0 Å². The van der Waals surface area contributed by atoms with Crippen LogP contribution in [0.4, 0.5) is 0 Å². The molecule has 1 heteroatoms. The van der Waals surface area contributed by atoms with Gasteiger partial charge in [-0.05, 0) is 18.1 Å². The highest BCUT2D eigenvalue weighted by Gasteiger charge is 1.93. The van der Waals surface area contributed by atoms with Crippen LogP contribution in [0.5, 0.6) is 0 Å². The normalized spacial score (nSPS) is 13.1. The van der Waals surface area contributed by atoms with E-state index in [1.54, 1.807) is 0 Å². The summed E-state index contributed by atoms with van der Waals surface area (Å²) in [6, 6.07) is 10.1. The molecule has 1 atom stereocenters. The predicted octanol–water partition coefficient (Wildman–Crippen LogP) is 2.60. The second-order valence-corrected chi connectivity index (χ2v) is 3.11. The first-order chi connectivity index (χ1) is 6.20. The van der Waals surface area contributed by atoms with Crippen LogP contribution < -0.4 is 5.73 Å². The minimum absolute atomic E-state index is 0.0277. The van der Waals surface area contributed by atoms with Gasteiger partial charge >= 0.3 is 0 Å². The van der Waals surface area contributed by atoms with Gasteiger partial charge < -0.3 is 5.73 Å². The summed E-state index contributed by atoms with van der Waals surface area (Å²) < 4.78 is 0. The zero-order chi connectivity index (χ0) is 9.68. The van der Waals surface area contributed by atoms with Crippen molar-refractivity contribution in [1.82, 2.24) is 0 Å². The first-order valence-electron chi connectivity index (χ1n) is 4.37. The molecule has 0 radical (unpaired) electrons. The van der Waals surface area contributed by atoms with E-state index in [9.17, 15) is 0 Å². The van der Waals surface area contributed by atoms with Gasteiger partial charge in [0.05, 0.1) is 0 Å². The van der Waals surface area contributed by atoms with Crippen molar-refractivity contribution in [3.05, 3.63) is 54.1 Å². The van der Waals surface area contributed by atoms with E-state index in [1.807, 2.05) is 49.4 Å². The lowest BCUT2D eigenvalue weighted by Gasteiger charge is -2.02. The fourth-order valence-electron chi connectivity index (χ4n) is 0.919. The Morgan fingerprint density at radius 3 is 2.54 bits per heavy atom. The number of hydrogen-bond acceptors (Lipinski definition) is 1. The number of rotatable bonds is 3. The van der Waals surface area contributed by atoms with Crippen LogP contribution in [0.25, 0.3) is 6.08 Å². The minimum atomic E-state index is 0.0277. The van der Waals surface area contributed by atoms with E-state index in [2.05, 4.69) is 6.58 Å². The van der Waals surface area contributed by atoms with Gasteiger partial charge in [-0.2, -0.15) is 0 Å². The molecule has 0 aromatic heterocycles. The molecular formula is C12H15N. The van der Waals surface area contributed by atoms with E-state index in [-0.39, 0.29) is 6.04 Å². The zero-order valence-corrected chi connectivity index (χ0v) is 7.90. The van der Waals surface area contributed by atoms with Gasteiger partial charge in [0.15, 0.2) is 0 Å². The Morgan fingerprint density at radius 1 is 1.38 bits per heavy atom. The van der Waals surface area contributed by atoms with Gasteiger partial charge in [-0.15, -0.1) is 0 Å². The highest BCUT2D eigenvalue weighted by molar-refractivity contribution is 5.52. The van der Waals surface area contributed by atoms with Crippen LogP contribution in [-0.2, 0) is 0 Å². The SMILES string of the molecule is C=C(/C=C/c1ccccc1)C(C)N. The number of benzene rings is 1. The van der Waals surface area contributed by atoms with Crippen LogP contribution in [0, 0.1) is 0 Å². The molecule has 68 valence electrons. The summed E-state index contributed by atoms with van der Waals surface area (Å²) in [7, 11) is 0. The van der Waals surface area contributed by atoms with Gasteiger partial charge in [0.25, 0.3) is 0 Å². The molecule has 1 nitrogen and oxygen atoms in total. The van der Waals surface area contributed by atoms with E-state index >= 15 is 0 Å². The Labute approximate surface area is 79.6 Å². The third-order valence-corrected chi connectivity index (χ3v) is 1.87. The second-order valence-electron chi connectivity index (χ2n) is 3.11. The first kappa shape index (κ1) is 9.75. The standard InChI is InChI=1S/C12H15N/c1-10(11(2)13)8-9-12-6-4-3-5-7-12/h3-9,11H,1,13H2,2H3/b9-8+. The van der Waals surface area contributed by atoms with Crippen LogP contribution in [0.1, 0.15) is 12.5 Å². The average molecular weight is 173 g/mol. The molecule has 0 aliphatic heterocycles. The summed E-state index contributed by atoms with van der Waals surface area (Å²) in [5.41, 5.74) is 7.77. The van der Waals surface area contributed by atoms with Crippen LogP contribution in [0.15, 0.2) is 48.6 Å². The van der Waals surface area contributed by atoms with Crippen molar-refractivity contribution in [2.75, 3.05) is 0 Å². The summed E-state index contributed by atoms with van der Waals surface area (Å²) in [4.78, 5) is 0. The lowest BCUT2D eigenvalue weighted by molar-refractivity contribution is 0.890. The second kappa shape index (κ2) is 4.63. The van der Waals surface area contributed by atoms with Crippen LogP contribution in [0.2, 0.25) is 0 Å². The van der Waals surface area contributed by atoms with E-state index in [0.29, 0.717) is 0 Å². The fourth-order valence-corrected chi connectivity index (χ4v) is 0.919. The molecule has 0 saturated heterocycles. The quantitative estimate of drug-likeness (QED) is 0.698. The van der Waals surface area contributed by atoms with E-state index in [4.69, 9.17) is 5.73 Å². The van der Waals surface area contributed by atoms with Crippen molar-refractivity contribution >= 4 is 6.08 Å². The minimum Gasteiger partial charge on any atom is -0.324 e. The molecule has 1 rings (SSSR count). The topological polar surface area (TPSA) is 26.0 Å². The van der Waals surface area contributed by atoms with Crippen molar-refractivity contribution in [2.45, 2.75) is 13.0 Å². The Balaban J connectivity index is 2.64. The molecule has 0 spiro atoms. The van der Waals surface area contributed by atoms with E-state index in [0.717, 1.165) is 5.57 Å². The molecule has 0 aliphatic rings. The van der Waals surface area contributed by atoms with E-state index in [1.165, 1.54) is 5.56 Å². The van der Waals surface area contributed by atoms with Crippen molar-refractivity contribution in [2.24, 2.45) is 5.73 Å². The van der Waals surface area contributed by atoms with Gasteiger partial charge in [-0.3, -0.25) is 0 Å². The van der Waals surface area contributed by atoms with Gasteiger partial charge in [-0.1, -0.05) is 49.1 Å². The molecule has 13 heavy (non-hydrogen) atoms. The smallest absolute Gasteiger partial charge is 0.0260 e. The lowest BCUT2D eigenvalue weighted by Crippen LogP contribution is -2.15. The zero-order valence-electron chi connectivity index (χ0n) is 7.90. The maximum absolute atomic E-state index is 5.65. The monoisotopic (exact) mass is 173 g/mol. The molecule has 1 aromatic rings. The van der Waals surface area contributed by atoms with Crippen LogP contribution in [0.3, 0.4) is 0 Å². The predicted molar refractivity (Wildman–Crippen MR) is 58.3 cm³/mol. The van der Waals surface area contributed by atoms with Crippen molar-refractivity contribution in [3.8, 4) is 0 Å². The molecule has 0 amide bonds. The Kier molecular flexibility index (Phi) is 3.47. The Hall–Kier alpha value is -1.34. The largest absolute Gasteiger partial charge is 0.324 e. The molecule has 1 aromatic carbocycles. The lowest BCUT2D eigenvalue weighted by atomic mass is 10.1. The van der Waals surface area contributed by atoms with Gasteiger partial charge in [-0.25, -0.2) is 0 Å². The molecule has 0 bridgehead atoms. The molecule has 1 unspecified atom stereocenters. The van der Waals surface area contributed by atoms with Crippen LogP contribution in [-0.4, -0.2) is 6.04 Å². The summed E-state index contributed by atoms with van der Waals surface area (Å²) >= 11 is 0. The van der Waals surface area contributed by atoms with Crippen molar-refractivity contribution in [3.63, 3.8) is 0 Å². The summed E-state index contributed by atoms with van der Waals surface area (Å²) in [5, 5.41) is 0. The summed E-state index contributed by atoms with van der Waals surface area (Å²) in [5.74, 6) is 0. The average Bonchev–Trinajstić information content (AvgIpc) is 2.15. The maximum Gasteiger partial charge on any atom is 0.0260 e. The molecule has 0 aliphatic carbocycles. The molecular weight excluding hydrogens is 158 g/mol. The molecule has 2 N–H and O–H groups in total. The van der Waals surface area contributed by atoms with Crippen molar-refractivity contribution < 1.29 is 0 Å². The third kappa shape index (κ3) is 3.26. The third-order valence-electron chi connectivity index (χ3n) is 1.87. The number of hydrogen-bond donors (Lipinski definition) is 1. The molecule has 0 saturated carbocycles. The van der Waals surface area contributed by atoms with Gasteiger partial charge in [0.1, 0.15) is 0 Å². The summed E-state index contributed by atoms with van der Waals surface area (Å²) in [6.45, 7) is 5.79. The van der Waals surface area contributed by atoms with Crippen LogP contribution >= 0.6 is 0 Å². The first-order valence-corrected chi connectivity index (χ1v) is 4.37. The Morgan fingerprint density at radius 2 is 2.00 bits per heavy atom. The van der Waals surface area contributed by atoms with Gasteiger partial charge in [0, 0.05) is 6.04 Å². The highest BCUT2D eigenvalue weighted by Crippen LogP contribution is 2.05. The summed E-state index contributed by atoms with van der Waals surface area (Å²) in [6.07, 6.45) is 3.98. The molecule has 0 fully saturated rings. The van der Waals surface area contributed by atoms with Crippen molar-refractivity contribution in [1.29, 1.82) is 0 Å². The highest BCUT2D eigenvalue weighted by atomic mass is 14.6. The Bertz CT molecular complexity index is 296.